The van der Waals surface area contributed by atoms with Crippen molar-refractivity contribution in [3.8, 4) is 0 Å². The standard InChI is InChI=1S/C20H26N2O5S/c1-3-4-6-9-20(24)27-15-19(23)21-17-11-10-16(2)18(14-17)28(25,26)22-12-7-5-8-13-22/h3-4,6,9-11,14H,5,7-8,12-13,15H2,1-2H3,(H,21,23)/b4-3+,9-6+. The summed E-state index contributed by atoms with van der Waals surface area (Å²) in [6, 6.07) is 4.72. The summed E-state index contributed by atoms with van der Waals surface area (Å²) in [5.41, 5.74) is 0.954. The summed E-state index contributed by atoms with van der Waals surface area (Å²) in [6.45, 7) is 4.09. The molecule has 1 saturated heterocycles. The van der Waals surface area contributed by atoms with E-state index in [9.17, 15) is 18.0 Å². The molecule has 1 aliphatic heterocycles. The Labute approximate surface area is 166 Å². The zero-order chi connectivity index (χ0) is 20.6. The number of esters is 1. The molecule has 0 unspecified atom stereocenters. The van der Waals surface area contributed by atoms with Crippen molar-refractivity contribution in [1.82, 2.24) is 4.31 Å². The van der Waals surface area contributed by atoms with Crippen molar-refractivity contribution in [2.24, 2.45) is 0 Å². The van der Waals surface area contributed by atoms with Crippen LogP contribution >= 0.6 is 0 Å². The molecule has 7 nitrogen and oxygen atoms in total. The van der Waals surface area contributed by atoms with Gasteiger partial charge in [0.1, 0.15) is 0 Å². The summed E-state index contributed by atoms with van der Waals surface area (Å²) in [6.07, 6.45) is 8.87. The lowest BCUT2D eigenvalue weighted by Gasteiger charge is -2.26. The summed E-state index contributed by atoms with van der Waals surface area (Å²) in [5, 5.41) is 2.57. The van der Waals surface area contributed by atoms with Crippen LogP contribution in [0.4, 0.5) is 5.69 Å². The van der Waals surface area contributed by atoms with Gasteiger partial charge in [0, 0.05) is 24.9 Å². The van der Waals surface area contributed by atoms with Gasteiger partial charge in [0.05, 0.1) is 4.90 Å². The lowest BCUT2D eigenvalue weighted by molar-refractivity contribution is -0.142. The maximum absolute atomic E-state index is 12.9. The first-order valence-electron chi connectivity index (χ1n) is 9.21. The predicted molar refractivity (Wildman–Crippen MR) is 107 cm³/mol. The topological polar surface area (TPSA) is 92.8 Å². The fraction of sp³-hybridized carbons (Fsp3) is 0.400. The second kappa shape index (κ2) is 10.2. The van der Waals surface area contributed by atoms with Gasteiger partial charge in [-0.2, -0.15) is 4.31 Å². The first kappa shape index (κ1) is 21.8. The Morgan fingerprint density at radius 1 is 1.18 bits per heavy atom. The van der Waals surface area contributed by atoms with E-state index in [0.29, 0.717) is 24.3 Å². The fourth-order valence-corrected chi connectivity index (χ4v) is 4.60. The van der Waals surface area contributed by atoms with E-state index in [1.54, 1.807) is 31.2 Å². The van der Waals surface area contributed by atoms with Gasteiger partial charge in [-0.25, -0.2) is 13.2 Å². The Kier molecular flexibility index (Phi) is 7.95. The van der Waals surface area contributed by atoms with E-state index >= 15 is 0 Å². The number of nitrogens with zero attached hydrogens (tertiary/aromatic N) is 1. The van der Waals surface area contributed by atoms with Gasteiger partial charge in [-0.15, -0.1) is 0 Å². The van der Waals surface area contributed by atoms with Crippen molar-refractivity contribution < 1.29 is 22.7 Å². The third kappa shape index (κ3) is 6.03. The zero-order valence-electron chi connectivity index (χ0n) is 16.2. The molecule has 0 atom stereocenters. The Balaban J connectivity index is 2.04. The zero-order valence-corrected chi connectivity index (χ0v) is 17.0. The second-order valence-electron chi connectivity index (χ2n) is 6.49. The van der Waals surface area contributed by atoms with E-state index in [2.05, 4.69) is 5.32 Å². The van der Waals surface area contributed by atoms with E-state index in [-0.39, 0.29) is 4.90 Å². The number of anilines is 1. The monoisotopic (exact) mass is 406 g/mol. The third-order valence-corrected chi connectivity index (χ3v) is 6.33. The highest BCUT2D eigenvalue weighted by Gasteiger charge is 2.27. The van der Waals surface area contributed by atoms with Gasteiger partial charge in [-0.05, 0) is 44.4 Å². The number of carbonyl (C=O) groups is 2. The number of hydrogen-bond donors (Lipinski definition) is 1. The lowest BCUT2D eigenvalue weighted by atomic mass is 10.2. The molecular formula is C20H26N2O5S. The number of benzene rings is 1. The Morgan fingerprint density at radius 3 is 2.57 bits per heavy atom. The number of sulfonamides is 1. The second-order valence-corrected chi connectivity index (χ2v) is 8.39. The molecule has 1 amide bonds. The predicted octanol–water partition coefficient (Wildman–Crippen LogP) is 2.78. The molecule has 1 aromatic carbocycles. The van der Waals surface area contributed by atoms with Gasteiger partial charge in [0.15, 0.2) is 6.61 Å². The molecule has 28 heavy (non-hydrogen) atoms. The maximum Gasteiger partial charge on any atom is 0.331 e. The number of nitrogens with one attached hydrogen (secondary N) is 1. The molecule has 1 aliphatic rings. The number of hydrogen-bond acceptors (Lipinski definition) is 5. The molecule has 1 fully saturated rings. The van der Waals surface area contributed by atoms with E-state index in [4.69, 9.17) is 4.74 Å². The highest BCUT2D eigenvalue weighted by Crippen LogP contribution is 2.26. The highest BCUT2D eigenvalue weighted by molar-refractivity contribution is 7.89. The summed E-state index contributed by atoms with van der Waals surface area (Å²) in [5.74, 6) is -1.18. The van der Waals surface area contributed by atoms with Gasteiger partial charge in [-0.1, -0.05) is 30.7 Å². The number of amides is 1. The molecule has 2 rings (SSSR count). The van der Waals surface area contributed by atoms with Crippen molar-refractivity contribution in [2.75, 3.05) is 25.0 Å². The number of piperidine rings is 1. The minimum atomic E-state index is -3.61. The van der Waals surface area contributed by atoms with Gasteiger partial charge in [-0.3, -0.25) is 4.79 Å². The van der Waals surface area contributed by atoms with Crippen LogP contribution in [-0.4, -0.2) is 44.3 Å². The number of aryl methyl sites for hydroxylation is 1. The minimum Gasteiger partial charge on any atom is -0.452 e. The van der Waals surface area contributed by atoms with Crippen LogP contribution in [0.1, 0.15) is 31.7 Å². The molecule has 0 bridgehead atoms. The van der Waals surface area contributed by atoms with Gasteiger partial charge >= 0.3 is 5.97 Å². The van der Waals surface area contributed by atoms with Crippen LogP contribution in [0.3, 0.4) is 0 Å². The van der Waals surface area contributed by atoms with Crippen molar-refractivity contribution >= 4 is 27.6 Å². The number of allylic oxidation sites excluding steroid dienone is 3. The molecule has 0 saturated carbocycles. The fourth-order valence-electron chi connectivity index (χ4n) is 2.83. The van der Waals surface area contributed by atoms with Gasteiger partial charge in [0.25, 0.3) is 5.91 Å². The largest absolute Gasteiger partial charge is 0.452 e. The van der Waals surface area contributed by atoms with Crippen LogP contribution in [-0.2, 0) is 24.3 Å². The van der Waals surface area contributed by atoms with Crippen molar-refractivity contribution in [3.63, 3.8) is 0 Å². The molecule has 1 aromatic rings. The highest BCUT2D eigenvalue weighted by atomic mass is 32.2. The molecule has 0 aliphatic carbocycles. The van der Waals surface area contributed by atoms with Crippen LogP contribution < -0.4 is 5.32 Å². The Morgan fingerprint density at radius 2 is 1.89 bits per heavy atom. The first-order chi connectivity index (χ1) is 13.3. The summed E-state index contributed by atoms with van der Waals surface area (Å²) >= 11 is 0. The van der Waals surface area contributed by atoms with E-state index in [1.165, 1.54) is 22.5 Å². The summed E-state index contributed by atoms with van der Waals surface area (Å²) in [4.78, 5) is 23.7. The van der Waals surface area contributed by atoms with Crippen LogP contribution in [0.2, 0.25) is 0 Å². The van der Waals surface area contributed by atoms with E-state index in [0.717, 1.165) is 19.3 Å². The Hall–Kier alpha value is -2.45. The molecule has 1 heterocycles. The average Bonchev–Trinajstić information content (AvgIpc) is 2.68. The van der Waals surface area contributed by atoms with E-state index < -0.39 is 28.5 Å². The lowest BCUT2D eigenvalue weighted by Crippen LogP contribution is -2.36. The minimum absolute atomic E-state index is 0.179. The van der Waals surface area contributed by atoms with Crippen molar-refractivity contribution in [1.29, 1.82) is 0 Å². The number of rotatable bonds is 7. The van der Waals surface area contributed by atoms with Crippen molar-refractivity contribution in [3.05, 3.63) is 48.1 Å². The van der Waals surface area contributed by atoms with Crippen molar-refractivity contribution in [2.45, 2.75) is 38.0 Å². The SMILES string of the molecule is C/C=C/C=C/C(=O)OCC(=O)Nc1ccc(C)c(S(=O)(=O)N2CCCCC2)c1. The normalized spacial score (nSPS) is 15.8. The van der Waals surface area contributed by atoms with Gasteiger partial charge in [0.2, 0.25) is 10.0 Å². The Bertz CT molecular complexity index is 869. The van der Waals surface area contributed by atoms with E-state index in [1.807, 2.05) is 6.92 Å². The van der Waals surface area contributed by atoms with Crippen LogP contribution in [0.5, 0.6) is 0 Å². The summed E-state index contributed by atoms with van der Waals surface area (Å²) < 4.78 is 32.2. The summed E-state index contributed by atoms with van der Waals surface area (Å²) in [7, 11) is -3.61. The van der Waals surface area contributed by atoms with Crippen LogP contribution in [0, 0.1) is 6.92 Å². The van der Waals surface area contributed by atoms with Crippen LogP contribution in [0.15, 0.2) is 47.4 Å². The third-order valence-electron chi connectivity index (χ3n) is 4.29. The van der Waals surface area contributed by atoms with Crippen LogP contribution in [0.25, 0.3) is 0 Å². The number of carbonyl (C=O) groups excluding carboxylic acids is 2. The molecule has 0 radical (unpaired) electrons. The molecular weight excluding hydrogens is 380 g/mol. The average molecular weight is 407 g/mol. The van der Waals surface area contributed by atoms with Gasteiger partial charge < -0.3 is 10.1 Å². The number of ether oxygens (including phenoxy) is 1. The molecule has 8 heteroatoms. The molecule has 1 N–H and O–H groups in total. The molecule has 0 spiro atoms. The smallest absolute Gasteiger partial charge is 0.331 e. The molecule has 0 aromatic heterocycles. The maximum atomic E-state index is 12.9. The molecule has 152 valence electrons. The quantitative estimate of drug-likeness (QED) is 0.427. The first-order valence-corrected chi connectivity index (χ1v) is 10.7.